The number of benzene rings is 1. The molecular formula is C16H24BrNO4S. The maximum atomic E-state index is 12.5. The molecule has 130 valence electrons. The largest absolute Gasteiger partial charge is 0.493 e. The summed E-state index contributed by atoms with van der Waals surface area (Å²) in [6.45, 7) is 0.458. The molecule has 7 heteroatoms. The summed E-state index contributed by atoms with van der Waals surface area (Å²) in [6, 6.07) is 3.08. The van der Waals surface area contributed by atoms with Crippen molar-refractivity contribution in [3.63, 3.8) is 0 Å². The van der Waals surface area contributed by atoms with E-state index in [1.165, 1.54) is 46.0 Å². The summed E-state index contributed by atoms with van der Waals surface area (Å²) < 4.78 is 38.4. The first kappa shape index (κ1) is 18.5. The molecule has 1 N–H and O–H groups in total. The second kappa shape index (κ2) is 8.35. The molecule has 0 unspecified atom stereocenters. The number of hydrogen-bond acceptors (Lipinski definition) is 4. The molecule has 5 nitrogen and oxygen atoms in total. The molecule has 1 fully saturated rings. The zero-order chi connectivity index (χ0) is 16.9. The Labute approximate surface area is 146 Å². The van der Waals surface area contributed by atoms with Gasteiger partial charge in [-0.25, -0.2) is 13.1 Å². The molecule has 0 aromatic heterocycles. The molecule has 0 amide bonds. The van der Waals surface area contributed by atoms with Crippen LogP contribution >= 0.6 is 15.9 Å². The lowest BCUT2D eigenvalue weighted by molar-refractivity contribution is 0.353. The van der Waals surface area contributed by atoms with Gasteiger partial charge in [-0.05, 0) is 40.8 Å². The molecule has 1 aliphatic carbocycles. The minimum atomic E-state index is -3.58. The van der Waals surface area contributed by atoms with Gasteiger partial charge in [0.2, 0.25) is 10.0 Å². The second-order valence-corrected chi connectivity index (χ2v) is 8.42. The SMILES string of the molecule is COc1cc(Br)c(S(=O)(=O)NCCCC2CCCC2)cc1OC. The first-order valence-corrected chi connectivity index (χ1v) is 10.2. The Morgan fingerprint density at radius 3 is 2.39 bits per heavy atom. The minimum absolute atomic E-state index is 0.163. The maximum absolute atomic E-state index is 12.5. The van der Waals surface area contributed by atoms with Crippen molar-refractivity contribution in [1.29, 1.82) is 0 Å². The smallest absolute Gasteiger partial charge is 0.241 e. The van der Waals surface area contributed by atoms with Crippen LogP contribution in [0, 0.1) is 5.92 Å². The van der Waals surface area contributed by atoms with Crippen LogP contribution in [0.25, 0.3) is 0 Å². The van der Waals surface area contributed by atoms with Gasteiger partial charge in [0.15, 0.2) is 11.5 Å². The Kier molecular flexibility index (Phi) is 6.73. The van der Waals surface area contributed by atoms with E-state index in [1.807, 2.05) is 0 Å². The number of rotatable bonds is 8. The highest BCUT2D eigenvalue weighted by molar-refractivity contribution is 9.10. The summed E-state index contributed by atoms with van der Waals surface area (Å²) in [5, 5.41) is 0. The van der Waals surface area contributed by atoms with Crippen LogP contribution in [-0.4, -0.2) is 29.2 Å². The predicted molar refractivity (Wildman–Crippen MR) is 93.6 cm³/mol. The van der Waals surface area contributed by atoms with Gasteiger partial charge < -0.3 is 9.47 Å². The highest BCUT2D eigenvalue weighted by Gasteiger charge is 2.21. The van der Waals surface area contributed by atoms with E-state index in [0.29, 0.717) is 22.5 Å². The molecule has 0 aliphatic heterocycles. The zero-order valence-electron chi connectivity index (χ0n) is 13.6. The van der Waals surface area contributed by atoms with E-state index in [1.54, 1.807) is 6.07 Å². The number of nitrogens with one attached hydrogen (secondary N) is 1. The normalized spacial score (nSPS) is 15.8. The summed E-state index contributed by atoms with van der Waals surface area (Å²) in [4.78, 5) is 0.163. The van der Waals surface area contributed by atoms with E-state index in [2.05, 4.69) is 20.7 Å². The van der Waals surface area contributed by atoms with Crippen LogP contribution in [0.1, 0.15) is 38.5 Å². The quantitative estimate of drug-likeness (QED) is 0.669. The van der Waals surface area contributed by atoms with Crippen molar-refractivity contribution in [3.8, 4) is 11.5 Å². The lowest BCUT2D eigenvalue weighted by atomic mass is 10.0. The zero-order valence-corrected chi connectivity index (χ0v) is 16.0. The van der Waals surface area contributed by atoms with E-state index in [0.717, 1.165) is 18.8 Å². The Balaban J connectivity index is 2.00. The van der Waals surface area contributed by atoms with Gasteiger partial charge in [-0.15, -0.1) is 0 Å². The molecule has 1 aliphatic rings. The fourth-order valence-electron chi connectivity index (χ4n) is 3.02. The van der Waals surface area contributed by atoms with Crippen LogP contribution in [0.15, 0.2) is 21.5 Å². The van der Waals surface area contributed by atoms with Crippen LogP contribution in [0.2, 0.25) is 0 Å². The summed E-state index contributed by atoms with van der Waals surface area (Å²) >= 11 is 3.30. The first-order chi connectivity index (χ1) is 11.0. The van der Waals surface area contributed by atoms with Crippen molar-refractivity contribution >= 4 is 26.0 Å². The van der Waals surface area contributed by atoms with Crippen molar-refractivity contribution in [2.75, 3.05) is 20.8 Å². The highest BCUT2D eigenvalue weighted by atomic mass is 79.9. The molecular weight excluding hydrogens is 382 g/mol. The number of sulfonamides is 1. The Morgan fingerprint density at radius 1 is 1.17 bits per heavy atom. The maximum Gasteiger partial charge on any atom is 0.241 e. The number of hydrogen-bond donors (Lipinski definition) is 1. The highest BCUT2D eigenvalue weighted by Crippen LogP contribution is 2.35. The van der Waals surface area contributed by atoms with Gasteiger partial charge in [0.1, 0.15) is 4.90 Å². The Morgan fingerprint density at radius 2 is 1.78 bits per heavy atom. The van der Waals surface area contributed by atoms with Gasteiger partial charge in [0.25, 0.3) is 0 Å². The van der Waals surface area contributed by atoms with Crippen molar-refractivity contribution in [2.45, 2.75) is 43.4 Å². The van der Waals surface area contributed by atoms with Crippen LogP contribution in [0.5, 0.6) is 11.5 Å². The van der Waals surface area contributed by atoms with Crippen LogP contribution < -0.4 is 14.2 Å². The first-order valence-electron chi connectivity index (χ1n) is 7.89. The van der Waals surface area contributed by atoms with E-state index in [-0.39, 0.29) is 4.90 Å². The number of methoxy groups -OCH3 is 2. The molecule has 1 saturated carbocycles. The molecule has 0 atom stereocenters. The van der Waals surface area contributed by atoms with Crippen LogP contribution in [0.3, 0.4) is 0 Å². The van der Waals surface area contributed by atoms with Crippen LogP contribution in [-0.2, 0) is 10.0 Å². The average Bonchev–Trinajstić information content (AvgIpc) is 3.04. The van der Waals surface area contributed by atoms with E-state index < -0.39 is 10.0 Å². The van der Waals surface area contributed by atoms with E-state index >= 15 is 0 Å². The molecule has 1 aromatic carbocycles. The monoisotopic (exact) mass is 405 g/mol. The van der Waals surface area contributed by atoms with Gasteiger partial charge in [-0.2, -0.15) is 0 Å². The summed E-state index contributed by atoms with van der Waals surface area (Å²) in [6.07, 6.45) is 7.16. The third-order valence-electron chi connectivity index (χ3n) is 4.28. The molecule has 0 bridgehead atoms. The Hall–Kier alpha value is -0.790. The average molecular weight is 406 g/mol. The topological polar surface area (TPSA) is 64.6 Å². The van der Waals surface area contributed by atoms with Gasteiger partial charge in [0, 0.05) is 17.1 Å². The summed E-state index contributed by atoms with van der Waals surface area (Å²) in [7, 11) is -0.580. The van der Waals surface area contributed by atoms with Gasteiger partial charge in [-0.1, -0.05) is 25.7 Å². The fourth-order valence-corrected chi connectivity index (χ4v) is 5.12. The van der Waals surface area contributed by atoms with Crippen molar-refractivity contribution in [3.05, 3.63) is 16.6 Å². The molecule has 1 aromatic rings. The standard InChI is InChI=1S/C16H24BrNO4S/c1-21-14-10-13(17)16(11-15(14)22-2)23(19,20)18-9-5-8-12-6-3-4-7-12/h10-12,18H,3-9H2,1-2H3. The van der Waals surface area contributed by atoms with E-state index in [9.17, 15) is 8.42 Å². The van der Waals surface area contributed by atoms with Gasteiger partial charge >= 0.3 is 0 Å². The molecule has 0 saturated heterocycles. The fraction of sp³-hybridized carbons (Fsp3) is 0.625. The molecule has 0 heterocycles. The minimum Gasteiger partial charge on any atom is -0.493 e. The van der Waals surface area contributed by atoms with Crippen molar-refractivity contribution in [1.82, 2.24) is 4.72 Å². The Bertz CT molecular complexity index is 627. The molecule has 0 radical (unpaired) electrons. The lowest BCUT2D eigenvalue weighted by Gasteiger charge is -2.13. The number of ether oxygens (including phenoxy) is 2. The predicted octanol–water partition coefficient (Wildman–Crippen LogP) is 3.72. The molecule has 23 heavy (non-hydrogen) atoms. The van der Waals surface area contributed by atoms with Gasteiger partial charge in [0.05, 0.1) is 14.2 Å². The van der Waals surface area contributed by atoms with Crippen LogP contribution in [0.4, 0.5) is 0 Å². The molecule has 2 rings (SSSR count). The van der Waals surface area contributed by atoms with Crippen molar-refractivity contribution < 1.29 is 17.9 Å². The third kappa shape index (κ3) is 4.84. The lowest BCUT2D eigenvalue weighted by Crippen LogP contribution is -2.25. The number of halogens is 1. The summed E-state index contributed by atoms with van der Waals surface area (Å²) in [5.74, 6) is 1.65. The molecule has 0 spiro atoms. The third-order valence-corrected chi connectivity index (χ3v) is 6.70. The van der Waals surface area contributed by atoms with Gasteiger partial charge in [-0.3, -0.25) is 0 Å². The van der Waals surface area contributed by atoms with E-state index in [4.69, 9.17) is 9.47 Å². The van der Waals surface area contributed by atoms with Crippen molar-refractivity contribution in [2.24, 2.45) is 5.92 Å². The summed E-state index contributed by atoms with van der Waals surface area (Å²) in [5.41, 5.74) is 0. The second-order valence-electron chi connectivity index (χ2n) is 5.83.